The zero-order valence-electron chi connectivity index (χ0n) is 10.3. The summed E-state index contributed by atoms with van der Waals surface area (Å²) in [5.74, 6) is 1.25. The van der Waals surface area contributed by atoms with Crippen LogP contribution in [0.1, 0.15) is 13.3 Å². The molecule has 0 spiro atoms. The van der Waals surface area contributed by atoms with Crippen molar-refractivity contribution >= 4 is 23.5 Å². The molecule has 0 aromatic heterocycles. The SMILES string of the molecule is CCC(CSC)N(C)C1CNCC1SC. The molecule has 4 heteroatoms. The lowest BCUT2D eigenvalue weighted by molar-refractivity contribution is 0.197. The van der Waals surface area contributed by atoms with Crippen LogP contribution in [-0.4, -0.2) is 60.6 Å². The van der Waals surface area contributed by atoms with E-state index in [1.54, 1.807) is 0 Å². The smallest absolute Gasteiger partial charge is 0.0351 e. The zero-order valence-corrected chi connectivity index (χ0v) is 12.0. The molecule has 2 nitrogen and oxygen atoms in total. The van der Waals surface area contributed by atoms with Gasteiger partial charge in [-0.1, -0.05) is 6.92 Å². The van der Waals surface area contributed by atoms with Gasteiger partial charge in [-0.15, -0.1) is 0 Å². The number of nitrogens with zero attached hydrogens (tertiary/aromatic N) is 1. The summed E-state index contributed by atoms with van der Waals surface area (Å²) in [6.45, 7) is 4.63. The van der Waals surface area contributed by atoms with Gasteiger partial charge < -0.3 is 5.32 Å². The minimum atomic E-state index is 0.720. The lowest BCUT2D eigenvalue weighted by atomic mass is 10.1. The molecule has 3 atom stereocenters. The van der Waals surface area contributed by atoms with Gasteiger partial charge >= 0.3 is 0 Å². The first-order valence-corrected chi connectivity index (χ1v) is 8.37. The predicted octanol–water partition coefficient (Wildman–Crippen LogP) is 1.76. The van der Waals surface area contributed by atoms with Crippen molar-refractivity contribution in [3.63, 3.8) is 0 Å². The van der Waals surface area contributed by atoms with Crippen molar-refractivity contribution in [3.8, 4) is 0 Å². The van der Waals surface area contributed by atoms with E-state index in [0.29, 0.717) is 0 Å². The number of rotatable bonds is 6. The average molecular weight is 248 g/mol. The first-order chi connectivity index (χ1) is 7.24. The Hall–Kier alpha value is 0.620. The predicted molar refractivity (Wildman–Crippen MR) is 74.2 cm³/mol. The molecule has 0 radical (unpaired) electrons. The van der Waals surface area contributed by atoms with Gasteiger partial charge in [-0.25, -0.2) is 0 Å². The molecular weight excluding hydrogens is 224 g/mol. The van der Waals surface area contributed by atoms with E-state index in [4.69, 9.17) is 0 Å². The van der Waals surface area contributed by atoms with Crippen molar-refractivity contribution < 1.29 is 0 Å². The number of nitrogens with one attached hydrogen (secondary N) is 1. The molecule has 0 aliphatic carbocycles. The molecule has 0 bridgehead atoms. The normalized spacial score (nSPS) is 28.6. The van der Waals surface area contributed by atoms with E-state index in [2.05, 4.69) is 36.7 Å². The van der Waals surface area contributed by atoms with E-state index >= 15 is 0 Å². The maximum absolute atomic E-state index is 3.51. The van der Waals surface area contributed by atoms with Crippen LogP contribution in [0.5, 0.6) is 0 Å². The molecule has 0 amide bonds. The van der Waals surface area contributed by atoms with E-state index in [0.717, 1.165) is 23.9 Å². The van der Waals surface area contributed by atoms with E-state index in [1.807, 2.05) is 23.5 Å². The Kier molecular flexibility index (Phi) is 6.43. The highest BCUT2D eigenvalue weighted by Gasteiger charge is 2.32. The fraction of sp³-hybridized carbons (Fsp3) is 1.00. The number of likely N-dealkylation sites (N-methyl/N-ethyl adjacent to an activating group) is 1. The first-order valence-electron chi connectivity index (χ1n) is 5.69. The Balaban J connectivity index is 2.52. The fourth-order valence-electron chi connectivity index (χ4n) is 2.27. The monoisotopic (exact) mass is 248 g/mol. The molecule has 1 aliphatic heterocycles. The number of hydrogen-bond acceptors (Lipinski definition) is 4. The van der Waals surface area contributed by atoms with Gasteiger partial charge in [0.1, 0.15) is 0 Å². The van der Waals surface area contributed by atoms with Crippen molar-refractivity contribution in [2.24, 2.45) is 0 Å². The highest BCUT2D eigenvalue weighted by atomic mass is 32.2. The van der Waals surface area contributed by atoms with Crippen LogP contribution >= 0.6 is 23.5 Å². The van der Waals surface area contributed by atoms with E-state index in [9.17, 15) is 0 Å². The van der Waals surface area contributed by atoms with Crippen LogP contribution < -0.4 is 5.32 Å². The van der Waals surface area contributed by atoms with Gasteiger partial charge in [0.15, 0.2) is 0 Å². The topological polar surface area (TPSA) is 15.3 Å². The summed E-state index contributed by atoms with van der Waals surface area (Å²) in [4.78, 5) is 2.59. The number of hydrogen-bond donors (Lipinski definition) is 1. The Morgan fingerprint density at radius 1 is 1.40 bits per heavy atom. The molecular formula is C11H24N2S2. The Morgan fingerprint density at radius 2 is 2.13 bits per heavy atom. The first kappa shape index (κ1) is 13.7. The highest BCUT2D eigenvalue weighted by Crippen LogP contribution is 2.22. The molecule has 1 rings (SSSR count). The van der Waals surface area contributed by atoms with Crippen LogP contribution in [0.15, 0.2) is 0 Å². The molecule has 0 aromatic rings. The molecule has 1 aliphatic rings. The molecule has 1 N–H and O–H groups in total. The van der Waals surface area contributed by atoms with Gasteiger partial charge in [-0.05, 0) is 26.0 Å². The maximum Gasteiger partial charge on any atom is 0.0351 e. The lowest BCUT2D eigenvalue weighted by Gasteiger charge is -2.34. The minimum absolute atomic E-state index is 0.720. The third kappa shape index (κ3) is 3.55. The summed E-state index contributed by atoms with van der Waals surface area (Å²) >= 11 is 3.97. The lowest BCUT2D eigenvalue weighted by Crippen LogP contribution is -2.46. The van der Waals surface area contributed by atoms with Crippen molar-refractivity contribution in [1.82, 2.24) is 10.2 Å². The molecule has 15 heavy (non-hydrogen) atoms. The minimum Gasteiger partial charge on any atom is -0.314 e. The maximum atomic E-state index is 3.51. The fourth-order valence-corrected chi connectivity index (χ4v) is 4.02. The Labute approximate surface area is 103 Å². The molecule has 0 aromatic carbocycles. The van der Waals surface area contributed by atoms with E-state index in [-0.39, 0.29) is 0 Å². The summed E-state index contributed by atoms with van der Waals surface area (Å²) in [6.07, 6.45) is 5.69. The van der Waals surface area contributed by atoms with Crippen LogP contribution in [0.3, 0.4) is 0 Å². The van der Waals surface area contributed by atoms with Gasteiger partial charge in [-0.2, -0.15) is 23.5 Å². The standard InChI is InChI=1S/C11H24N2S2/c1-5-9(8-14-3)13(2)10-6-12-7-11(10)15-4/h9-12H,5-8H2,1-4H3. The summed E-state index contributed by atoms with van der Waals surface area (Å²) < 4.78 is 0. The molecule has 1 heterocycles. The van der Waals surface area contributed by atoms with E-state index in [1.165, 1.54) is 18.7 Å². The van der Waals surface area contributed by atoms with E-state index < -0.39 is 0 Å². The molecule has 1 fully saturated rings. The second-order valence-electron chi connectivity index (χ2n) is 4.18. The van der Waals surface area contributed by atoms with Gasteiger partial charge in [0.25, 0.3) is 0 Å². The second-order valence-corrected chi connectivity index (χ2v) is 6.17. The summed E-state index contributed by atoms with van der Waals surface area (Å²) in [5.41, 5.74) is 0. The summed E-state index contributed by atoms with van der Waals surface area (Å²) in [7, 11) is 2.30. The van der Waals surface area contributed by atoms with Crippen molar-refractivity contribution in [2.45, 2.75) is 30.7 Å². The quantitative estimate of drug-likeness (QED) is 0.770. The third-order valence-corrected chi connectivity index (χ3v) is 5.16. The molecule has 1 saturated heterocycles. The molecule has 3 unspecified atom stereocenters. The van der Waals surface area contributed by atoms with Crippen molar-refractivity contribution in [3.05, 3.63) is 0 Å². The Morgan fingerprint density at radius 3 is 2.67 bits per heavy atom. The second kappa shape index (κ2) is 7.05. The third-order valence-electron chi connectivity index (χ3n) is 3.36. The van der Waals surface area contributed by atoms with Gasteiger partial charge in [-0.3, -0.25) is 4.90 Å². The van der Waals surface area contributed by atoms with Crippen molar-refractivity contribution in [2.75, 3.05) is 38.4 Å². The average Bonchev–Trinajstić information content (AvgIpc) is 2.72. The highest BCUT2D eigenvalue weighted by molar-refractivity contribution is 7.99. The Bertz CT molecular complexity index is 178. The summed E-state index contributed by atoms with van der Waals surface area (Å²) in [5, 5.41) is 4.28. The van der Waals surface area contributed by atoms with Crippen LogP contribution in [0.25, 0.3) is 0 Å². The van der Waals surface area contributed by atoms with Gasteiger partial charge in [0.05, 0.1) is 0 Å². The van der Waals surface area contributed by atoms with Crippen LogP contribution in [0, 0.1) is 0 Å². The van der Waals surface area contributed by atoms with Crippen molar-refractivity contribution in [1.29, 1.82) is 0 Å². The molecule has 0 saturated carbocycles. The largest absolute Gasteiger partial charge is 0.314 e. The van der Waals surface area contributed by atoms with Crippen LogP contribution in [0.2, 0.25) is 0 Å². The van der Waals surface area contributed by atoms with Gasteiger partial charge in [0.2, 0.25) is 0 Å². The summed E-state index contributed by atoms with van der Waals surface area (Å²) in [6, 6.07) is 1.46. The van der Waals surface area contributed by atoms with Gasteiger partial charge in [0, 0.05) is 36.2 Å². The molecule has 90 valence electrons. The number of thioether (sulfide) groups is 2. The van der Waals surface area contributed by atoms with Crippen LogP contribution in [0.4, 0.5) is 0 Å². The van der Waals surface area contributed by atoms with Crippen LogP contribution in [-0.2, 0) is 0 Å². The zero-order chi connectivity index (χ0) is 11.3.